The zero-order valence-corrected chi connectivity index (χ0v) is 15.3. The highest BCUT2D eigenvalue weighted by molar-refractivity contribution is 7.11. The molecule has 0 amide bonds. The standard InChI is InChI=1S/C21H22ClNS/c22-21-11-15-8-16(12-21)10-20(9-15,14-21)17-3-5-18(6-4-17)23-13-19-2-1-7-24-19/h1-7,13,15-16H,8-12,14H2/t15-,16-,20?,21?/m1/s1. The molecule has 0 spiro atoms. The van der Waals surface area contributed by atoms with E-state index in [2.05, 4.69) is 46.8 Å². The van der Waals surface area contributed by atoms with Crippen molar-refractivity contribution in [2.75, 3.05) is 0 Å². The van der Waals surface area contributed by atoms with E-state index in [-0.39, 0.29) is 4.87 Å². The highest BCUT2D eigenvalue weighted by atomic mass is 35.5. The van der Waals surface area contributed by atoms with Crippen LogP contribution in [0.25, 0.3) is 0 Å². The summed E-state index contributed by atoms with van der Waals surface area (Å²) in [6, 6.07) is 13.1. The molecule has 0 radical (unpaired) electrons. The minimum absolute atomic E-state index is 0.0834. The summed E-state index contributed by atoms with van der Waals surface area (Å²) in [6.45, 7) is 0. The van der Waals surface area contributed by atoms with Gasteiger partial charge in [0, 0.05) is 16.0 Å². The summed E-state index contributed by atoms with van der Waals surface area (Å²) in [6.07, 6.45) is 9.72. The number of alkyl halides is 1. The van der Waals surface area contributed by atoms with Crippen molar-refractivity contribution in [2.24, 2.45) is 16.8 Å². The molecule has 1 aromatic heterocycles. The molecule has 1 heterocycles. The Morgan fingerprint density at radius 2 is 1.79 bits per heavy atom. The van der Waals surface area contributed by atoms with Gasteiger partial charge in [0.2, 0.25) is 0 Å². The third-order valence-electron chi connectivity index (χ3n) is 6.35. The van der Waals surface area contributed by atoms with Gasteiger partial charge in [0.25, 0.3) is 0 Å². The molecule has 6 rings (SSSR count). The summed E-state index contributed by atoms with van der Waals surface area (Å²) in [5.41, 5.74) is 2.87. The summed E-state index contributed by atoms with van der Waals surface area (Å²) < 4.78 is 0. The Bertz CT molecular complexity index is 748. The molecule has 2 atom stereocenters. The lowest BCUT2D eigenvalue weighted by Crippen LogP contribution is -2.55. The van der Waals surface area contributed by atoms with Crippen LogP contribution in [0, 0.1) is 11.8 Å². The molecule has 1 aromatic carbocycles. The summed E-state index contributed by atoms with van der Waals surface area (Å²) >= 11 is 8.71. The van der Waals surface area contributed by atoms with Gasteiger partial charge in [-0.2, -0.15) is 0 Å². The Kier molecular flexibility index (Phi) is 3.44. The first-order valence-corrected chi connectivity index (χ1v) is 10.3. The molecule has 1 nitrogen and oxygen atoms in total. The van der Waals surface area contributed by atoms with Crippen molar-refractivity contribution in [1.29, 1.82) is 0 Å². The van der Waals surface area contributed by atoms with Gasteiger partial charge in [-0.25, -0.2) is 0 Å². The molecule has 24 heavy (non-hydrogen) atoms. The van der Waals surface area contributed by atoms with E-state index in [1.807, 2.05) is 6.21 Å². The predicted octanol–water partition coefficient (Wildman–Crippen LogP) is 6.33. The summed E-state index contributed by atoms with van der Waals surface area (Å²) in [7, 11) is 0. The number of rotatable bonds is 3. The average molecular weight is 356 g/mol. The normalized spacial score (nSPS) is 37.4. The van der Waals surface area contributed by atoms with Crippen LogP contribution in [-0.4, -0.2) is 11.1 Å². The first-order valence-electron chi connectivity index (χ1n) is 9.00. The largest absolute Gasteiger partial charge is 0.255 e. The van der Waals surface area contributed by atoms with Crippen LogP contribution in [0.15, 0.2) is 46.8 Å². The topological polar surface area (TPSA) is 12.4 Å². The van der Waals surface area contributed by atoms with Gasteiger partial charge in [-0.3, -0.25) is 4.99 Å². The first kappa shape index (κ1) is 15.2. The van der Waals surface area contributed by atoms with Crippen LogP contribution >= 0.6 is 22.9 Å². The molecule has 0 N–H and O–H groups in total. The van der Waals surface area contributed by atoms with E-state index in [4.69, 9.17) is 11.6 Å². The number of nitrogens with zero attached hydrogens (tertiary/aromatic N) is 1. The highest BCUT2D eigenvalue weighted by Crippen LogP contribution is 2.64. The SMILES string of the molecule is ClC12C[C@@H]3C[C@@H](C1)CC(c1ccc(N=Cc4cccs4)cc1)(C3)C2. The lowest BCUT2D eigenvalue weighted by atomic mass is 9.47. The van der Waals surface area contributed by atoms with E-state index in [1.165, 1.54) is 49.0 Å². The van der Waals surface area contributed by atoms with Crippen molar-refractivity contribution in [3.63, 3.8) is 0 Å². The van der Waals surface area contributed by atoms with Crippen molar-refractivity contribution in [1.82, 2.24) is 0 Å². The minimum Gasteiger partial charge on any atom is -0.255 e. The molecule has 0 unspecified atom stereocenters. The van der Waals surface area contributed by atoms with Gasteiger partial charge in [-0.1, -0.05) is 18.2 Å². The number of hydrogen-bond donors (Lipinski definition) is 0. The van der Waals surface area contributed by atoms with E-state index >= 15 is 0 Å². The van der Waals surface area contributed by atoms with E-state index in [0.717, 1.165) is 17.5 Å². The maximum absolute atomic E-state index is 6.99. The third-order valence-corrected chi connectivity index (χ3v) is 7.60. The summed E-state index contributed by atoms with van der Waals surface area (Å²) in [4.78, 5) is 5.89. The van der Waals surface area contributed by atoms with Crippen LogP contribution in [0.4, 0.5) is 5.69 Å². The van der Waals surface area contributed by atoms with Gasteiger partial charge in [0.1, 0.15) is 0 Å². The smallest absolute Gasteiger partial charge is 0.0630 e. The van der Waals surface area contributed by atoms with Crippen LogP contribution in [-0.2, 0) is 5.41 Å². The molecule has 0 aliphatic heterocycles. The monoisotopic (exact) mass is 355 g/mol. The fourth-order valence-corrected chi connectivity index (χ4v) is 7.17. The second kappa shape index (κ2) is 5.44. The molecular weight excluding hydrogens is 334 g/mol. The molecule has 0 saturated heterocycles. The van der Waals surface area contributed by atoms with E-state index in [0.29, 0.717) is 5.41 Å². The van der Waals surface area contributed by atoms with Crippen LogP contribution in [0.1, 0.15) is 49.0 Å². The predicted molar refractivity (Wildman–Crippen MR) is 103 cm³/mol. The zero-order chi connectivity index (χ0) is 16.2. The van der Waals surface area contributed by atoms with Crippen LogP contribution in [0.2, 0.25) is 0 Å². The Morgan fingerprint density at radius 1 is 1.04 bits per heavy atom. The van der Waals surface area contributed by atoms with Gasteiger partial charge in [0.05, 0.1) is 5.69 Å². The Hall–Kier alpha value is -1.12. The molecule has 4 aliphatic rings. The van der Waals surface area contributed by atoms with Gasteiger partial charge in [0.15, 0.2) is 0 Å². The molecule has 4 aliphatic carbocycles. The van der Waals surface area contributed by atoms with E-state index in [1.54, 1.807) is 11.3 Å². The first-order chi connectivity index (χ1) is 11.6. The van der Waals surface area contributed by atoms with Crippen LogP contribution in [0.3, 0.4) is 0 Å². The van der Waals surface area contributed by atoms with E-state index < -0.39 is 0 Å². The maximum atomic E-state index is 6.99. The quantitative estimate of drug-likeness (QED) is 0.450. The number of hydrogen-bond acceptors (Lipinski definition) is 2. The zero-order valence-electron chi connectivity index (χ0n) is 13.7. The molecule has 2 aromatic rings. The van der Waals surface area contributed by atoms with Crippen LogP contribution in [0.5, 0.6) is 0 Å². The highest BCUT2D eigenvalue weighted by Gasteiger charge is 2.57. The lowest BCUT2D eigenvalue weighted by Gasteiger charge is -2.60. The van der Waals surface area contributed by atoms with Crippen molar-refractivity contribution >= 4 is 34.8 Å². The van der Waals surface area contributed by atoms with Crippen molar-refractivity contribution in [3.05, 3.63) is 52.2 Å². The van der Waals surface area contributed by atoms with Gasteiger partial charge in [-0.15, -0.1) is 22.9 Å². The summed E-state index contributed by atoms with van der Waals surface area (Å²) in [5, 5.41) is 2.08. The van der Waals surface area contributed by atoms with E-state index in [9.17, 15) is 0 Å². The lowest BCUT2D eigenvalue weighted by molar-refractivity contribution is 0.00900. The summed E-state index contributed by atoms with van der Waals surface area (Å²) in [5.74, 6) is 1.69. The number of aliphatic imine (C=N–C) groups is 1. The number of halogens is 1. The number of benzene rings is 1. The molecule has 4 saturated carbocycles. The third kappa shape index (κ3) is 2.55. The minimum atomic E-state index is 0.0834. The van der Waals surface area contributed by atoms with Gasteiger partial charge in [-0.05, 0) is 84.9 Å². The molecular formula is C21H22ClNS. The average Bonchev–Trinajstić information content (AvgIpc) is 3.04. The van der Waals surface area contributed by atoms with Gasteiger partial charge < -0.3 is 0 Å². The molecule has 4 fully saturated rings. The molecule has 3 heteroatoms. The number of thiophene rings is 1. The second-order valence-corrected chi connectivity index (χ2v) is 9.99. The fraction of sp³-hybridized carbons (Fsp3) is 0.476. The maximum Gasteiger partial charge on any atom is 0.0630 e. The Morgan fingerprint density at radius 3 is 2.42 bits per heavy atom. The molecule has 4 bridgehead atoms. The van der Waals surface area contributed by atoms with Gasteiger partial charge >= 0.3 is 0 Å². The Balaban J connectivity index is 1.41. The Labute approximate surface area is 152 Å². The van der Waals surface area contributed by atoms with Crippen molar-refractivity contribution in [2.45, 2.75) is 48.8 Å². The van der Waals surface area contributed by atoms with Crippen molar-refractivity contribution in [3.8, 4) is 0 Å². The second-order valence-electron chi connectivity index (χ2n) is 8.21. The van der Waals surface area contributed by atoms with Crippen molar-refractivity contribution < 1.29 is 0 Å². The van der Waals surface area contributed by atoms with Crippen LogP contribution < -0.4 is 0 Å². The molecule has 124 valence electrons. The fourth-order valence-electron chi connectivity index (χ4n) is 5.89.